The number of carbonyl (C=O) groups excluding carboxylic acids is 2. The van der Waals surface area contributed by atoms with Crippen molar-refractivity contribution >= 4 is 11.9 Å². The highest BCUT2D eigenvalue weighted by molar-refractivity contribution is 5.76. The summed E-state index contributed by atoms with van der Waals surface area (Å²) >= 11 is 0. The van der Waals surface area contributed by atoms with Gasteiger partial charge in [0.05, 0.1) is 24.5 Å². The molecule has 1 aromatic carbocycles. The summed E-state index contributed by atoms with van der Waals surface area (Å²) in [5, 5.41) is 22.8. The first-order valence-corrected chi connectivity index (χ1v) is 9.07. The summed E-state index contributed by atoms with van der Waals surface area (Å²) in [5.74, 6) is -1.12. The topological polar surface area (TPSA) is 105 Å². The summed E-state index contributed by atoms with van der Waals surface area (Å²) in [6, 6.07) is 4.51. The van der Waals surface area contributed by atoms with Crippen molar-refractivity contribution in [2.75, 3.05) is 13.2 Å². The van der Waals surface area contributed by atoms with Crippen LogP contribution in [0, 0.1) is 11.8 Å². The van der Waals surface area contributed by atoms with E-state index in [0.29, 0.717) is 5.56 Å². The molecular formula is C20H31NO6. The van der Waals surface area contributed by atoms with Crippen LogP contribution in [0.15, 0.2) is 18.2 Å². The summed E-state index contributed by atoms with van der Waals surface area (Å²) in [6.07, 6.45) is -0.954. The highest BCUT2D eigenvalue weighted by Crippen LogP contribution is 2.28. The third kappa shape index (κ3) is 7.66. The molecule has 1 atom stereocenters. The maximum Gasteiger partial charge on any atom is 0.313 e. The van der Waals surface area contributed by atoms with Crippen molar-refractivity contribution in [1.29, 1.82) is 0 Å². The molecule has 1 aromatic rings. The molecule has 7 nitrogen and oxygen atoms in total. The molecule has 0 saturated heterocycles. The van der Waals surface area contributed by atoms with Gasteiger partial charge in [0.15, 0.2) is 0 Å². The van der Waals surface area contributed by atoms with Crippen LogP contribution in [0.5, 0.6) is 11.5 Å². The van der Waals surface area contributed by atoms with E-state index in [-0.39, 0.29) is 36.5 Å². The van der Waals surface area contributed by atoms with Crippen molar-refractivity contribution in [3.63, 3.8) is 0 Å². The SMILES string of the molecule is CC(C)C(=O)Oc1cc(OC(=O)C(C)C)cc(C(O)CNC(C)(C)CO)c1. The van der Waals surface area contributed by atoms with Crippen LogP contribution in [-0.2, 0) is 9.59 Å². The molecule has 0 saturated carbocycles. The van der Waals surface area contributed by atoms with E-state index in [1.165, 1.54) is 18.2 Å². The lowest BCUT2D eigenvalue weighted by molar-refractivity contribution is -0.138. The van der Waals surface area contributed by atoms with Gasteiger partial charge in [-0.15, -0.1) is 0 Å². The van der Waals surface area contributed by atoms with Crippen molar-refractivity contribution in [3.8, 4) is 11.5 Å². The van der Waals surface area contributed by atoms with Gasteiger partial charge in [0.25, 0.3) is 0 Å². The highest BCUT2D eigenvalue weighted by Gasteiger charge is 2.20. The van der Waals surface area contributed by atoms with E-state index in [1.54, 1.807) is 41.5 Å². The molecule has 0 aromatic heterocycles. The summed E-state index contributed by atoms with van der Waals surface area (Å²) in [7, 11) is 0. The normalized spacial score (nSPS) is 13.0. The minimum Gasteiger partial charge on any atom is -0.426 e. The second-order valence-corrected chi connectivity index (χ2v) is 7.83. The molecule has 0 amide bonds. The Balaban J connectivity index is 3.09. The van der Waals surface area contributed by atoms with Crippen LogP contribution in [0.4, 0.5) is 0 Å². The van der Waals surface area contributed by atoms with E-state index in [0.717, 1.165) is 0 Å². The molecule has 0 bridgehead atoms. The van der Waals surface area contributed by atoms with E-state index >= 15 is 0 Å². The van der Waals surface area contributed by atoms with Gasteiger partial charge in [0, 0.05) is 18.2 Å². The summed E-state index contributed by atoms with van der Waals surface area (Å²) < 4.78 is 10.6. The molecule has 0 heterocycles. The van der Waals surface area contributed by atoms with Gasteiger partial charge in [-0.05, 0) is 31.5 Å². The monoisotopic (exact) mass is 381 g/mol. The van der Waals surface area contributed by atoms with Crippen LogP contribution < -0.4 is 14.8 Å². The van der Waals surface area contributed by atoms with Crippen LogP contribution in [0.3, 0.4) is 0 Å². The second-order valence-electron chi connectivity index (χ2n) is 7.83. The third-order valence-electron chi connectivity index (χ3n) is 3.84. The molecular weight excluding hydrogens is 350 g/mol. The zero-order valence-corrected chi connectivity index (χ0v) is 16.9. The predicted octanol–water partition coefficient (Wildman–Crippen LogP) is 2.20. The van der Waals surface area contributed by atoms with Gasteiger partial charge in [0.2, 0.25) is 0 Å². The fourth-order valence-corrected chi connectivity index (χ4v) is 1.92. The minimum absolute atomic E-state index is 0.0942. The molecule has 0 spiro atoms. The average molecular weight is 381 g/mol. The number of aliphatic hydroxyl groups is 2. The standard InChI is InChI=1S/C20H31NO6/c1-12(2)18(24)26-15-7-14(17(23)10-21-20(5,6)11-22)8-16(9-15)27-19(25)13(3)4/h7-9,12-13,17,21-23H,10-11H2,1-6H3. The highest BCUT2D eigenvalue weighted by atomic mass is 16.5. The Morgan fingerprint density at radius 1 is 1.00 bits per heavy atom. The number of hydrogen-bond donors (Lipinski definition) is 3. The molecule has 27 heavy (non-hydrogen) atoms. The second kappa shape index (κ2) is 9.82. The number of esters is 2. The molecule has 3 N–H and O–H groups in total. The van der Waals surface area contributed by atoms with E-state index in [4.69, 9.17) is 9.47 Å². The van der Waals surface area contributed by atoms with Gasteiger partial charge in [-0.25, -0.2) is 0 Å². The molecule has 0 radical (unpaired) electrons. The minimum atomic E-state index is -0.954. The zero-order valence-electron chi connectivity index (χ0n) is 16.9. The van der Waals surface area contributed by atoms with Gasteiger partial charge in [0.1, 0.15) is 11.5 Å². The van der Waals surface area contributed by atoms with Gasteiger partial charge in [-0.1, -0.05) is 27.7 Å². The van der Waals surface area contributed by atoms with Crippen molar-refractivity contribution in [2.24, 2.45) is 11.8 Å². The molecule has 0 fully saturated rings. The summed E-state index contributed by atoms with van der Waals surface area (Å²) in [4.78, 5) is 23.8. The Labute approximate surface area is 160 Å². The number of ether oxygens (including phenoxy) is 2. The fourth-order valence-electron chi connectivity index (χ4n) is 1.92. The van der Waals surface area contributed by atoms with Gasteiger partial charge in [-0.3, -0.25) is 9.59 Å². The molecule has 1 rings (SSSR count). The van der Waals surface area contributed by atoms with Crippen LogP contribution >= 0.6 is 0 Å². The maximum absolute atomic E-state index is 11.9. The Bertz CT molecular complexity index is 614. The zero-order chi connectivity index (χ0) is 20.8. The van der Waals surface area contributed by atoms with E-state index in [1.807, 2.05) is 0 Å². The number of aliphatic hydroxyl groups excluding tert-OH is 2. The molecule has 7 heteroatoms. The van der Waals surface area contributed by atoms with Crippen LogP contribution in [0.25, 0.3) is 0 Å². The molecule has 0 aliphatic heterocycles. The molecule has 1 unspecified atom stereocenters. The quantitative estimate of drug-likeness (QED) is 0.445. The lowest BCUT2D eigenvalue weighted by Crippen LogP contribution is -2.44. The van der Waals surface area contributed by atoms with Crippen molar-refractivity contribution in [1.82, 2.24) is 5.32 Å². The first-order valence-electron chi connectivity index (χ1n) is 9.07. The molecule has 0 aliphatic rings. The number of hydrogen-bond acceptors (Lipinski definition) is 7. The number of β-amino-alcohol motifs (C(OH)–C–C–N with tert-alkyl or cyclic N) is 1. The maximum atomic E-state index is 11.9. The predicted molar refractivity (Wildman–Crippen MR) is 102 cm³/mol. The van der Waals surface area contributed by atoms with E-state index in [2.05, 4.69) is 5.32 Å². The molecule has 0 aliphatic carbocycles. The number of nitrogens with one attached hydrogen (secondary N) is 1. The van der Waals surface area contributed by atoms with Crippen LogP contribution in [0.2, 0.25) is 0 Å². The van der Waals surface area contributed by atoms with Crippen LogP contribution in [-0.4, -0.2) is 40.8 Å². The molecule has 152 valence electrons. The smallest absolute Gasteiger partial charge is 0.313 e. The van der Waals surface area contributed by atoms with Gasteiger partial charge in [-0.2, -0.15) is 0 Å². The van der Waals surface area contributed by atoms with Crippen molar-refractivity contribution in [3.05, 3.63) is 23.8 Å². The van der Waals surface area contributed by atoms with Crippen molar-refractivity contribution in [2.45, 2.75) is 53.2 Å². The third-order valence-corrected chi connectivity index (χ3v) is 3.84. The Morgan fingerprint density at radius 2 is 1.44 bits per heavy atom. The first-order chi connectivity index (χ1) is 12.4. The number of benzene rings is 1. The summed E-state index contributed by atoms with van der Waals surface area (Å²) in [6.45, 7) is 10.5. The largest absolute Gasteiger partial charge is 0.426 e. The Hall–Kier alpha value is -1.96. The van der Waals surface area contributed by atoms with E-state index < -0.39 is 23.6 Å². The van der Waals surface area contributed by atoms with Crippen molar-refractivity contribution < 1.29 is 29.3 Å². The lowest BCUT2D eigenvalue weighted by atomic mass is 10.0. The first kappa shape index (κ1) is 23.1. The van der Waals surface area contributed by atoms with Crippen LogP contribution in [0.1, 0.15) is 53.2 Å². The van der Waals surface area contributed by atoms with Gasteiger partial charge < -0.3 is 25.0 Å². The Morgan fingerprint density at radius 3 is 1.81 bits per heavy atom. The fraction of sp³-hybridized carbons (Fsp3) is 0.600. The summed E-state index contributed by atoms with van der Waals surface area (Å²) in [5.41, 5.74) is -0.132. The average Bonchev–Trinajstić information content (AvgIpc) is 2.59. The number of carbonyl (C=O) groups is 2. The van der Waals surface area contributed by atoms with Gasteiger partial charge >= 0.3 is 11.9 Å². The Kier molecular flexibility index (Phi) is 8.40. The lowest BCUT2D eigenvalue weighted by Gasteiger charge is -2.25. The number of rotatable bonds is 9. The van der Waals surface area contributed by atoms with E-state index in [9.17, 15) is 19.8 Å².